The van der Waals surface area contributed by atoms with Crippen LogP contribution >= 0.6 is 0 Å². The number of aromatic nitrogens is 2. The first-order valence-corrected chi connectivity index (χ1v) is 4.75. The molecule has 1 aromatic carbocycles. The van der Waals surface area contributed by atoms with Crippen LogP contribution in [0.3, 0.4) is 0 Å². The summed E-state index contributed by atoms with van der Waals surface area (Å²) in [5.41, 5.74) is 5.90. The minimum Gasteiger partial charge on any atom is -0.243 e. The van der Waals surface area contributed by atoms with Crippen LogP contribution in [0.4, 0.5) is 0 Å². The van der Waals surface area contributed by atoms with Crippen molar-refractivity contribution in [2.45, 2.75) is 19.8 Å². The van der Waals surface area contributed by atoms with E-state index in [2.05, 4.69) is 29.4 Å². The molecular formula is C11H10N2O. The fourth-order valence-electron chi connectivity index (χ4n) is 2.05. The van der Waals surface area contributed by atoms with Crippen molar-refractivity contribution in [3.05, 3.63) is 34.9 Å². The average molecular weight is 186 g/mol. The molecule has 3 heteroatoms. The summed E-state index contributed by atoms with van der Waals surface area (Å²) in [6.07, 6.45) is 4.23. The molecule has 0 fully saturated rings. The van der Waals surface area contributed by atoms with Gasteiger partial charge in [0.25, 0.3) is 0 Å². The smallest absolute Gasteiger partial charge is 0.139 e. The Balaban J connectivity index is 2.29. The highest BCUT2D eigenvalue weighted by molar-refractivity contribution is 5.80. The molecule has 0 bridgehead atoms. The van der Waals surface area contributed by atoms with E-state index in [-0.39, 0.29) is 0 Å². The monoisotopic (exact) mass is 186 g/mol. The van der Waals surface area contributed by atoms with Gasteiger partial charge in [0, 0.05) is 0 Å². The maximum Gasteiger partial charge on any atom is 0.139 e. The summed E-state index contributed by atoms with van der Waals surface area (Å²) in [4.78, 5) is 0. The van der Waals surface area contributed by atoms with Gasteiger partial charge in [-0.3, -0.25) is 0 Å². The maximum atomic E-state index is 4.74. The van der Waals surface area contributed by atoms with Gasteiger partial charge in [-0.05, 0) is 47.3 Å². The number of rotatable bonds is 0. The summed E-state index contributed by atoms with van der Waals surface area (Å²) in [7, 11) is 0. The Kier molecular flexibility index (Phi) is 1.48. The van der Waals surface area contributed by atoms with Gasteiger partial charge in [0.05, 0.1) is 0 Å². The highest BCUT2D eigenvalue weighted by atomic mass is 16.6. The molecule has 0 saturated heterocycles. The van der Waals surface area contributed by atoms with Gasteiger partial charge < -0.3 is 0 Å². The van der Waals surface area contributed by atoms with E-state index >= 15 is 0 Å². The summed E-state index contributed by atoms with van der Waals surface area (Å²) >= 11 is 0. The van der Waals surface area contributed by atoms with Gasteiger partial charge in [0.1, 0.15) is 11.0 Å². The van der Waals surface area contributed by atoms with Crippen LogP contribution in [-0.2, 0) is 12.8 Å². The third-order valence-electron chi connectivity index (χ3n) is 2.86. The number of hydrogen-bond donors (Lipinski definition) is 0. The van der Waals surface area contributed by atoms with Crippen molar-refractivity contribution in [3.8, 4) is 0 Å². The molecule has 70 valence electrons. The molecule has 0 radical (unpaired) electrons. The van der Waals surface area contributed by atoms with Crippen molar-refractivity contribution in [2.75, 3.05) is 0 Å². The molecule has 3 nitrogen and oxygen atoms in total. The third-order valence-corrected chi connectivity index (χ3v) is 2.86. The van der Waals surface area contributed by atoms with E-state index in [0.29, 0.717) is 0 Å². The number of fused-ring (bicyclic) bond motifs is 3. The SMILES string of the molecule is C/C=C1/Cc2ccc3nonc3c2C1. The molecule has 1 aromatic heterocycles. The molecule has 0 amide bonds. The number of benzene rings is 1. The third kappa shape index (κ3) is 0.923. The van der Waals surface area contributed by atoms with E-state index < -0.39 is 0 Å². The van der Waals surface area contributed by atoms with Crippen LogP contribution in [0.5, 0.6) is 0 Å². The van der Waals surface area contributed by atoms with Crippen molar-refractivity contribution in [1.82, 2.24) is 10.3 Å². The van der Waals surface area contributed by atoms with E-state index in [4.69, 9.17) is 4.63 Å². The van der Waals surface area contributed by atoms with Crippen LogP contribution in [-0.4, -0.2) is 10.3 Å². The lowest BCUT2D eigenvalue weighted by Gasteiger charge is -1.94. The zero-order chi connectivity index (χ0) is 9.54. The fourth-order valence-corrected chi connectivity index (χ4v) is 2.05. The molecule has 1 aliphatic carbocycles. The topological polar surface area (TPSA) is 38.9 Å². The highest BCUT2D eigenvalue weighted by Crippen LogP contribution is 2.30. The van der Waals surface area contributed by atoms with Crippen LogP contribution in [0.2, 0.25) is 0 Å². The second kappa shape index (κ2) is 2.67. The number of allylic oxidation sites excluding steroid dienone is 2. The Morgan fingerprint density at radius 2 is 2.21 bits per heavy atom. The molecule has 0 unspecified atom stereocenters. The normalized spacial score (nSPS) is 17.9. The molecule has 0 atom stereocenters. The van der Waals surface area contributed by atoms with Crippen LogP contribution in [0.25, 0.3) is 11.0 Å². The lowest BCUT2D eigenvalue weighted by Crippen LogP contribution is -1.83. The number of nitrogens with zero attached hydrogens (tertiary/aromatic N) is 2. The van der Waals surface area contributed by atoms with E-state index in [1.807, 2.05) is 6.07 Å². The molecule has 0 N–H and O–H groups in total. The largest absolute Gasteiger partial charge is 0.243 e. The molecule has 0 aliphatic heterocycles. The van der Waals surface area contributed by atoms with E-state index in [1.54, 1.807) is 0 Å². The summed E-state index contributed by atoms with van der Waals surface area (Å²) in [5.74, 6) is 0. The zero-order valence-corrected chi connectivity index (χ0v) is 7.95. The Labute approximate surface area is 81.4 Å². The van der Waals surface area contributed by atoms with E-state index in [1.165, 1.54) is 16.7 Å². The second-order valence-corrected chi connectivity index (χ2v) is 3.64. The molecular weight excluding hydrogens is 176 g/mol. The average Bonchev–Trinajstić information content (AvgIpc) is 2.82. The van der Waals surface area contributed by atoms with Crippen LogP contribution < -0.4 is 0 Å². The minimum atomic E-state index is 0.862. The Bertz CT molecular complexity index is 525. The van der Waals surface area contributed by atoms with Crippen molar-refractivity contribution in [1.29, 1.82) is 0 Å². The van der Waals surface area contributed by atoms with Crippen LogP contribution in [0, 0.1) is 0 Å². The second-order valence-electron chi connectivity index (χ2n) is 3.64. The Hall–Kier alpha value is -1.64. The van der Waals surface area contributed by atoms with Gasteiger partial charge in [0.2, 0.25) is 0 Å². The van der Waals surface area contributed by atoms with E-state index in [0.717, 1.165) is 23.9 Å². The minimum absolute atomic E-state index is 0.862. The molecule has 1 aliphatic rings. The summed E-state index contributed by atoms with van der Waals surface area (Å²) in [6, 6.07) is 4.10. The zero-order valence-electron chi connectivity index (χ0n) is 7.95. The first-order valence-electron chi connectivity index (χ1n) is 4.75. The Morgan fingerprint density at radius 3 is 3.07 bits per heavy atom. The van der Waals surface area contributed by atoms with Crippen LogP contribution in [0.1, 0.15) is 18.1 Å². The van der Waals surface area contributed by atoms with Crippen molar-refractivity contribution in [2.24, 2.45) is 0 Å². The molecule has 0 saturated carbocycles. The van der Waals surface area contributed by atoms with Crippen molar-refractivity contribution in [3.63, 3.8) is 0 Å². The first kappa shape index (κ1) is 7.74. The highest BCUT2D eigenvalue weighted by Gasteiger charge is 2.19. The van der Waals surface area contributed by atoms with Gasteiger partial charge >= 0.3 is 0 Å². The predicted molar refractivity (Wildman–Crippen MR) is 53.0 cm³/mol. The summed E-state index contributed by atoms with van der Waals surface area (Å²) in [6.45, 7) is 2.08. The van der Waals surface area contributed by atoms with Crippen molar-refractivity contribution >= 4 is 11.0 Å². The quantitative estimate of drug-likeness (QED) is 0.592. The van der Waals surface area contributed by atoms with E-state index in [9.17, 15) is 0 Å². The molecule has 1 heterocycles. The van der Waals surface area contributed by atoms with Crippen molar-refractivity contribution < 1.29 is 4.63 Å². The molecule has 14 heavy (non-hydrogen) atoms. The van der Waals surface area contributed by atoms with Gasteiger partial charge in [-0.15, -0.1) is 0 Å². The lowest BCUT2D eigenvalue weighted by molar-refractivity contribution is 0.315. The van der Waals surface area contributed by atoms with Gasteiger partial charge in [0.15, 0.2) is 0 Å². The summed E-state index contributed by atoms with van der Waals surface area (Å²) in [5, 5.41) is 7.79. The van der Waals surface area contributed by atoms with Crippen LogP contribution in [0.15, 0.2) is 28.4 Å². The fraction of sp³-hybridized carbons (Fsp3) is 0.273. The Morgan fingerprint density at radius 1 is 1.29 bits per heavy atom. The summed E-state index contributed by atoms with van der Waals surface area (Å²) < 4.78 is 4.74. The first-order chi connectivity index (χ1) is 6.88. The maximum absolute atomic E-state index is 4.74. The standard InChI is InChI=1S/C11H10N2O/c1-2-7-5-8-3-4-10-11(9(8)6-7)13-14-12-10/h2-4H,5-6H2,1H3/b7-2-. The lowest BCUT2D eigenvalue weighted by atomic mass is 10.1. The van der Waals surface area contributed by atoms with Gasteiger partial charge in [-0.2, -0.15) is 0 Å². The predicted octanol–water partition coefficient (Wildman–Crippen LogP) is 2.27. The molecule has 2 aromatic rings. The molecule has 0 spiro atoms. The van der Waals surface area contributed by atoms with Gasteiger partial charge in [-0.25, -0.2) is 4.63 Å². The van der Waals surface area contributed by atoms with Gasteiger partial charge in [-0.1, -0.05) is 17.7 Å². The molecule has 3 rings (SSSR count). The number of hydrogen-bond acceptors (Lipinski definition) is 3.